The van der Waals surface area contributed by atoms with Gasteiger partial charge in [-0.1, -0.05) is 89.0 Å². The third-order valence-electron chi connectivity index (χ3n) is 6.99. The van der Waals surface area contributed by atoms with Crippen molar-refractivity contribution < 1.29 is 19.0 Å². The Morgan fingerprint density at radius 3 is 2.61 bits per heavy atom. The molecule has 1 aliphatic rings. The van der Waals surface area contributed by atoms with Gasteiger partial charge in [-0.05, 0) is 67.3 Å². The number of halogens is 2. The van der Waals surface area contributed by atoms with Crippen molar-refractivity contribution in [2.24, 2.45) is 0 Å². The Bertz CT molecular complexity index is 1640. The highest BCUT2D eigenvalue weighted by Gasteiger charge is 2.36. The molecule has 1 atom stereocenters. The molecule has 5 rings (SSSR count). The highest BCUT2D eigenvalue weighted by atomic mass is 79.9. The number of nitrogens with zero attached hydrogens (tertiary/aromatic N) is 3. The van der Waals surface area contributed by atoms with Crippen molar-refractivity contribution in [2.75, 3.05) is 18.5 Å². The second-order valence-corrected chi connectivity index (χ2v) is 12.4. The number of anilines is 1. The van der Waals surface area contributed by atoms with Gasteiger partial charge in [-0.2, -0.15) is 4.98 Å². The maximum absolute atomic E-state index is 13.5. The first kappa shape index (κ1) is 31.9. The number of esters is 1. The molecule has 0 saturated carbocycles. The lowest BCUT2D eigenvalue weighted by Crippen LogP contribution is -2.30. The Hall–Kier alpha value is -3.47. The van der Waals surface area contributed by atoms with E-state index < -0.39 is 12.0 Å². The van der Waals surface area contributed by atoms with Crippen molar-refractivity contribution in [1.82, 2.24) is 14.8 Å². The summed E-state index contributed by atoms with van der Waals surface area (Å²) in [6, 6.07) is 20.8. The van der Waals surface area contributed by atoms with Crippen LogP contribution in [0.2, 0.25) is 5.02 Å². The highest BCUT2D eigenvalue weighted by molar-refractivity contribution is 9.10. The molecule has 44 heavy (non-hydrogen) atoms. The largest absolute Gasteiger partial charge is 0.490 e. The van der Waals surface area contributed by atoms with Crippen LogP contribution in [-0.2, 0) is 21.9 Å². The second-order valence-electron chi connectivity index (χ2n) is 10.2. The molecule has 2 heterocycles. The zero-order valence-electron chi connectivity index (χ0n) is 24.8. The average Bonchev–Trinajstić information content (AvgIpc) is 3.42. The number of hydrogen-bond donors (Lipinski definition) is 1. The maximum Gasteiger partial charge on any atom is 0.338 e. The fraction of sp³-hybridized carbons (Fsp3) is 0.303. The molecule has 8 nitrogen and oxygen atoms in total. The Kier molecular flexibility index (Phi) is 10.9. The minimum atomic E-state index is -0.595. The normalized spacial score (nSPS) is 14.2. The lowest BCUT2D eigenvalue weighted by Gasteiger charge is -2.28. The number of rotatable bonds is 13. The summed E-state index contributed by atoms with van der Waals surface area (Å²) in [5, 5.41) is 9.37. The molecule has 1 unspecified atom stereocenters. The molecule has 1 N–H and O–H groups in total. The van der Waals surface area contributed by atoms with Crippen molar-refractivity contribution in [3.05, 3.63) is 104 Å². The first-order chi connectivity index (χ1) is 21.4. The smallest absolute Gasteiger partial charge is 0.338 e. The van der Waals surface area contributed by atoms with E-state index in [1.807, 2.05) is 80.6 Å². The molecule has 4 aromatic rings. The Balaban J connectivity index is 1.48. The van der Waals surface area contributed by atoms with Crippen LogP contribution in [0.3, 0.4) is 0 Å². The molecule has 0 spiro atoms. The van der Waals surface area contributed by atoms with Gasteiger partial charge in [0.05, 0.1) is 18.8 Å². The van der Waals surface area contributed by atoms with Gasteiger partial charge in [0.25, 0.3) is 0 Å². The third-order valence-corrected chi connectivity index (χ3v) is 8.77. The summed E-state index contributed by atoms with van der Waals surface area (Å²) in [6.07, 6.45) is 1.71. The summed E-state index contributed by atoms with van der Waals surface area (Å²) >= 11 is 11.3. The second kappa shape index (κ2) is 15.0. The summed E-state index contributed by atoms with van der Waals surface area (Å²) in [7, 11) is 0. The number of fused-ring (bicyclic) bond motifs is 1. The number of carbonyl (C=O) groups is 1. The number of thioether (sulfide) groups is 1. The Morgan fingerprint density at radius 2 is 1.86 bits per heavy atom. The van der Waals surface area contributed by atoms with Crippen LogP contribution in [-0.4, -0.2) is 33.9 Å². The molecule has 0 amide bonds. The van der Waals surface area contributed by atoms with Crippen molar-refractivity contribution in [1.29, 1.82) is 0 Å². The quantitative estimate of drug-likeness (QED) is 0.0845. The molecule has 1 aromatic heterocycles. The lowest BCUT2D eigenvalue weighted by molar-refractivity contribution is -0.139. The average molecular weight is 698 g/mol. The van der Waals surface area contributed by atoms with E-state index in [1.54, 1.807) is 4.68 Å². The molecular weight excluding hydrogens is 664 g/mol. The standard InChI is InChI=1S/C33H34BrClN4O4S/c1-4-6-17-42-31(40)29-21(3)36-32-37-33(44-20-24-9-7-8-10-26(24)35)38-39(32)30(29)23-13-16-27(28(18-23)41-5-2)43-19-22-11-14-25(34)15-12-22/h7-16,18,30H,4-6,17,19-20H2,1-3H3,(H,36,37,38). The number of aromatic nitrogens is 3. The van der Waals surface area contributed by atoms with Gasteiger partial charge in [-0.15, -0.1) is 5.10 Å². The van der Waals surface area contributed by atoms with E-state index in [0.29, 0.717) is 64.5 Å². The van der Waals surface area contributed by atoms with Gasteiger partial charge in [0.1, 0.15) is 12.6 Å². The van der Waals surface area contributed by atoms with Crippen LogP contribution in [0.25, 0.3) is 0 Å². The van der Waals surface area contributed by atoms with E-state index in [0.717, 1.165) is 34.0 Å². The minimum Gasteiger partial charge on any atom is -0.490 e. The van der Waals surface area contributed by atoms with E-state index in [9.17, 15) is 4.79 Å². The lowest BCUT2D eigenvalue weighted by atomic mass is 9.95. The van der Waals surface area contributed by atoms with Gasteiger partial charge in [0.15, 0.2) is 11.5 Å². The minimum absolute atomic E-state index is 0.342. The molecule has 1 aliphatic heterocycles. The first-order valence-corrected chi connectivity index (χ1v) is 16.6. The van der Waals surface area contributed by atoms with Crippen LogP contribution < -0.4 is 14.8 Å². The number of allylic oxidation sites excluding steroid dienone is 1. The molecule has 3 aromatic carbocycles. The molecule has 0 fully saturated rings. The van der Waals surface area contributed by atoms with Crippen molar-refractivity contribution in [3.8, 4) is 11.5 Å². The number of carbonyl (C=O) groups excluding carboxylic acids is 1. The van der Waals surface area contributed by atoms with Crippen LogP contribution in [0.1, 0.15) is 56.3 Å². The van der Waals surface area contributed by atoms with E-state index in [2.05, 4.69) is 28.2 Å². The molecule has 0 radical (unpaired) electrons. The van der Waals surface area contributed by atoms with E-state index >= 15 is 0 Å². The zero-order chi connectivity index (χ0) is 31.1. The summed E-state index contributed by atoms with van der Waals surface area (Å²) in [4.78, 5) is 18.3. The van der Waals surface area contributed by atoms with Crippen LogP contribution in [0.5, 0.6) is 11.5 Å². The summed E-state index contributed by atoms with van der Waals surface area (Å²) in [5.41, 5.74) is 3.94. The molecule has 0 bridgehead atoms. The predicted molar refractivity (Wildman–Crippen MR) is 177 cm³/mol. The van der Waals surface area contributed by atoms with Crippen molar-refractivity contribution in [3.63, 3.8) is 0 Å². The monoisotopic (exact) mass is 696 g/mol. The van der Waals surface area contributed by atoms with Gasteiger partial charge in [0, 0.05) is 20.9 Å². The third kappa shape index (κ3) is 7.60. The van der Waals surface area contributed by atoms with Crippen LogP contribution >= 0.6 is 39.3 Å². The predicted octanol–water partition coefficient (Wildman–Crippen LogP) is 8.60. The van der Waals surface area contributed by atoms with Gasteiger partial charge >= 0.3 is 5.97 Å². The SMILES string of the molecule is CCCCOC(=O)C1=C(C)Nc2nc(SCc3ccccc3Cl)nn2C1c1ccc(OCc2ccc(Br)cc2)c(OCC)c1. The number of unbranched alkanes of at least 4 members (excludes halogenated alkanes) is 1. The van der Waals surface area contributed by atoms with Crippen LogP contribution in [0.4, 0.5) is 5.95 Å². The fourth-order valence-electron chi connectivity index (χ4n) is 4.73. The molecular formula is C33H34BrClN4O4S. The van der Waals surface area contributed by atoms with E-state index in [1.165, 1.54) is 11.8 Å². The summed E-state index contributed by atoms with van der Waals surface area (Å²) in [6.45, 7) is 7.01. The first-order valence-electron chi connectivity index (χ1n) is 14.5. The maximum atomic E-state index is 13.5. The number of ether oxygens (including phenoxy) is 3. The van der Waals surface area contributed by atoms with Gasteiger partial charge in [0.2, 0.25) is 11.1 Å². The summed E-state index contributed by atoms with van der Waals surface area (Å²) in [5.74, 6) is 1.92. The summed E-state index contributed by atoms with van der Waals surface area (Å²) < 4.78 is 20.7. The molecule has 230 valence electrons. The van der Waals surface area contributed by atoms with E-state index in [-0.39, 0.29) is 0 Å². The fourth-order valence-corrected chi connectivity index (χ4v) is 6.11. The van der Waals surface area contributed by atoms with Crippen molar-refractivity contribution >= 4 is 51.2 Å². The van der Waals surface area contributed by atoms with Gasteiger partial charge in [-0.25, -0.2) is 9.48 Å². The van der Waals surface area contributed by atoms with Gasteiger partial charge in [-0.3, -0.25) is 0 Å². The molecule has 0 saturated heterocycles. The molecule has 11 heteroatoms. The number of benzene rings is 3. The van der Waals surface area contributed by atoms with Crippen LogP contribution in [0.15, 0.2) is 87.6 Å². The number of hydrogen-bond acceptors (Lipinski definition) is 8. The highest BCUT2D eigenvalue weighted by Crippen LogP contribution is 2.40. The topological polar surface area (TPSA) is 87.5 Å². The van der Waals surface area contributed by atoms with E-state index in [4.69, 9.17) is 35.9 Å². The van der Waals surface area contributed by atoms with Crippen molar-refractivity contribution in [2.45, 2.75) is 57.2 Å². The zero-order valence-corrected chi connectivity index (χ0v) is 28.0. The van der Waals surface area contributed by atoms with Crippen LogP contribution in [0, 0.1) is 0 Å². The number of nitrogens with one attached hydrogen (secondary N) is 1. The Labute approximate surface area is 275 Å². The molecule has 0 aliphatic carbocycles. The Morgan fingerprint density at radius 1 is 1.07 bits per heavy atom. The van der Waals surface area contributed by atoms with Gasteiger partial charge < -0.3 is 19.5 Å².